The number of hydrogen-bond acceptors (Lipinski definition) is 4. The van der Waals surface area contributed by atoms with Crippen molar-refractivity contribution < 1.29 is 9.52 Å². The lowest BCUT2D eigenvalue weighted by Crippen LogP contribution is -2.22. The zero-order valence-corrected chi connectivity index (χ0v) is 6.03. The van der Waals surface area contributed by atoms with E-state index < -0.39 is 5.41 Å². The summed E-state index contributed by atoms with van der Waals surface area (Å²) in [7, 11) is 0. The monoisotopic (exact) mass is 142 g/mol. The Bertz CT molecular complexity index is 194. The number of nitrogens with zero attached hydrogens (tertiary/aromatic N) is 2. The number of aliphatic hydroxyl groups excluding tert-OH is 1. The molecule has 1 heterocycles. The van der Waals surface area contributed by atoms with Crippen molar-refractivity contribution in [2.24, 2.45) is 0 Å². The molecule has 0 fully saturated rings. The van der Waals surface area contributed by atoms with Crippen LogP contribution < -0.4 is 0 Å². The maximum Gasteiger partial charge on any atom is 0.224 e. The van der Waals surface area contributed by atoms with Gasteiger partial charge in [-0.3, -0.25) is 0 Å². The van der Waals surface area contributed by atoms with Crippen LogP contribution in [-0.4, -0.2) is 21.9 Å². The van der Waals surface area contributed by atoms with Gasteiger partial charge in [-0.25, -0.2) is 0 Å². The van der Waals surface area contributed by atoms with Crippen molar-refractivity contribution in [3.63, 3.8) is 0 Å². The first-order valence-electron chi connectivity index (χ1n) is 3.04. The number of aliphatic hydroxyl groups is 1. The highest BCUT2D eigenvalue weighted by molar-refractivity contribution is 4.96. The summed E-state index contributed by atoms with van der Waals surface area (Å²) >= 11 is 0. The van der Waals surface area contributed by atoms with E-state index in [2.05, 4.69) is 10.2 Å². The molecule has 56 valence electrons. The molecule has 1 aromatic heterocycles. The van der Waals surface area contributed by atoms with E-state index in [9.17, 15) is 0 Å². The molecule has 0 radical (unpaired) electrons. The third-order valence-electron chi connectivity index (χ3n) is 1.33. The highest BCUT2D eigenvalue weighted by Crippen LogP contribution is 2.18. The summed E-state index contributed by atoms with van der Waals surface area (Å²) in [6.07, 6.45) is 1.26. The lowest BCUT2D eigenvalue weighted by Gasteiger charge is -2.14. The van der Waals surface area contributed by atoms with E-state index in [1.807, 2.05) is 13.8 Å². The first kappa shape index (κ1) is 7.21. The molecular weight excluding hydrogens is 132 g/mol. The van der Waals surface area contributed by atoms with Crippen LogP contribution in [0, 0.1) is 0 Å². The van der Waals surface area contributed by atoms with Crippen LogP contribution in [0.4, 0.5) is 0 Å². The maximum atomic E-state index is 8.84. The molecule has 0 aliphatic heterocycles. The molecule has 0 aliphatic rings. The minimum absolute atomic E-state index is 0.00912. The third-order valence-corrected chi connectivity index (χ3v) is 1.33. The molecular formula is C6H10N2O2. The van der Waals surface area contributed by atoms with Crippen molar-refractivity contribution in [2.45, 2.75) is 19.3 Å². The Morgan fingerprint density at radius 1 is 1.70 bits per heavy atom. The smallest absolute Gasteiger partial charge is 0.224 e. The molecule has 0 saturated heterocycles. The fourth-order valence-corrected chi connectivity index (χ4v) is 0.536. The summed E-state index contributed by atoms with van der Waals surface area (Å²) in [5, 5.41) is 16.0. The average Bonchev–Trinajstić information content (AvgIpc) is 2.38. The first-order chi connectivity index (χ1) is 4.67. The van der Waals surface area contributed by atoms with Crippen molar-refractivity contribution in [3.05, 3.63) is 12.3 Å². The predicted octanol–water partition coefficient (Wildman–Crippen LogP) is 0.339. The summed E-state index contributed by atoms with van der Waals surface area (Å²) in [5.41, 5.74) is -0.420. The molecule has 1 N–H and O–H groups in total. The van der Waals surface area contributed by atoms with Crippen molar-refractivity contribution in [1.29, 1.82) is 0 Å². The predicted molar refractivity (Wildman–Crippen MR) is 34.4 cm³/mol. The van der Waals surface area contributed by atoms with Gasteiger partial charge in [0.25, 0.3) is 0 Å². The Labute approximate surface area is 58.9 Å². The molecule has 1 aromatic rings. The molecule has 4 nitrogen and oxygen atoms in total. The average molecular weight is 142 g/mol. The van der Waals surface area contributed by atoms with E-state index in [0.29, 0.717) is 5.89 Å². The Morgan fingerprint density at radius 3 is 2.80 bits per heavy atom. The van der Waals surface area contributed by atoms with Crippen molar-refractivity contribution in [1.82, 2.24) is 10.2 Å². The van der Waals surface area contributed by atoms with Crippen LogP contribution in [0.3, 0.4) is 0 Å². The highest BCUT2D eigenvalue weighted by atomic mass is 16.4. The molecule has 0 atom stereocenters. The van der Waals surface area contributed by atoms with Gasteiger partial charge < -0.3 is 9.52 Å². The van der Waals surface area contributed by atoms with E-state index >= 15 is 0 Å². The van der Waals surface area contributed by atoms with E-state index in [1.54, 1.807) is 0 Å². The van der Waals surface area contributed by atoms with Gasteiger partial charge >= 0.3 is 0 Å². The second kappa shape index (κ2) is 2.38. The van der Waals surface area contributed by atoms with E-state index in [1.165, 1.54) is 6.39 Å². The zero-order chi connectivity index (χ0) is 7.61. The van der Waals surface area contributed by atoms with Crippen LogP contribution in [0.15, 0.2) is 10.8 Å². The standard InChI is InChI=1S/C6H10N2O2/c1-6(2,3-9)5-8-7-4-10-5/h4,9H,3H2,1-2H3. The first-order valence-corrected chi connectivity index (χ1v) is 3.04. The van der Waals surface area contributed by atoms with E-state index in [4.69, 9.17) is 9.52 Å². The normalized spacial score (nSPS) is 11.9. The quantitative estimate of drug-likeness (QED) is 0.646. The molecule has 0 aromatic carbocycles. The summed E-state index contributed by atoms with van der Waals surface area (Å²) in [6.45, 7) is 3.68. The number of rotatable bonds is 2. The largest absolute Gasteiger partial charge is 0.427 e. The molecule has 0 spiro atoms. The Kier molecular flexibility index (Phi) is 1.72. The summed E-state index contributed by atoms with van der Waals surface area (Å²) in [5.74, 6) is 0.468. The SMILES string of the molecule is CC(C)(CO)c1nnco1. The third kappa shape index (κ3) is 1.16. The van der Waals surface area contributed by atoms with Crippen molar-refractivity contribution >= 4 is 0 Å². The van der Waals surface area contributed by atoms with Gasteiger partial charge in [0.2, 0.25) is 12.3 Å². The van der Waals surface area contributed by atoms with Gasteiger partial charge in [-0.05, 0) is 13.8 Å². The van der Waals surface area contributed by atoms with Crippen LogP contribution in [0.25, 0.3) is 0 Å². The van der Waals surface area contributed by atoms with Crippen LogP contribution in [0.5, 0.6) is 0 Å². The highest BCUT2D eigenvalue weighted by Gasteiger charge is 2.24. The topological polar surface area (TPSA) is 59.2 Å². The summed E-state index contributed by atoms with van der Waals surface area (Å²) in [6, 6.07) is 0. The van der Waals surface area contributed by atoms with E-state index in [-0.39, 0.29) is 6.61 Å². The zero-order valence-electron chi connectivity index (χ0n) is 6.03. The van der Waals surface area contributed by atoms with Crippen LogP contribution in [-0.2, 0) is 5.41 Å². The molecule has 0 unspecified atom stereocenters. The van der Waals surface area contributed by atoms with Crippen LogP contribution in [0.1, 0.15) is 19.7 Å². The number of aromatic nitrogens is 2. The molecule has 0 saturated carbocycles. The lowest BCUT2D eigenvalue weighted by atomic mass is 9.95. The minimum Gasteiger partial charge on any atom is -0.427 e. The molecule has 0 aliphatic carbocycles. The Balaban J connectivity index is 2.85. The Morgan fingerprint density at radius 2 is 2.40 bits per heavy atom. The van der Waals surface area contributed by atoms with Gasteiger partial charge in [0.1, 0.15) is 0 Å². The molecule has 1 rings (SSSR count). The molecule has 10 heavy (non-hydrogen) atoms. The van der Waals surface area contributed by atoms with Crippen molar-refractivity contribution in [3.8, 4) is 0 Å². The van der Waals surface area contributed by atoms with E-state index in [0.717, 1.165) is 0 Å². The van der Waals surface area contributed by atoms with Crippen molar-refractivity contribution in [2.75, 3.05) is 6.61 Å². The second-order valence-corrected chi connectivity index (χ2v) is 2.79. The molecule has 4 heteroatoms. The van der Waals surface area contributed by atoms with Gasteiger partial charge in [-0.15, -0.1) is 10.2 Å². The van der Waals surface area contributed by atoms with Crippen LogP contribution in [0.2, 0.25) is 0 Å². The van der Waals surface area contributed by atoms with Gasteiger partial charge in [0.05, 0.1) is 12.0 Å². The molecule has 0 bridgehead atoms. The maximum absolute atomic E-state index is 8.84. The fraction of sp³-hybridized carbons (Fsp3) is 0.667. The minimum atomic E-state index is -0.420. The van der Waals surface area contributed by atoms with Gasteiger partial charge in [-0.2, -0.15) is 0 Å². The Hall–Kier alpha value is -0.900. The van der Waals surface area contributed by atoms with Gasteiger partial charge in [0, 0.05) is 0 Å². The van der Waals surface area contributed by atoms with Gasteiger partial charge in [-0.1, -0.05) is 0 Å². The lowest BCUT2D eigenvalue weighted by molar-refractivity contribution is 0.192. The van der Waals surface area contributed by atoms with Gasteiger partial charge in [0.15, 0.2) is 0 Å². The van der Waals surface area contributed by atoms with Crippen LogP contribution >= 0.6 is 0 Å². The second-order valence-electron chi connectivity index (χ2n) is 2.79. The number of hydrogen-bond donors (Lipinski definition) is 1. The summed E-state index contributed by atoms with van der Waals surface area (Å²) in [4.78, 5) is 0. The molecule has 0 amide bonds. The fourth-order valence-electron chi connectivity index (χ4n) is 0.536. The summed E-state index contributed by atoms with van der Waals surface area (Å²) < 4.78 is 4.91.